The molecule has 1 amide bonds. The van der Waals surface area contributed by atoms with E-state index in [0.29, 0.717) is 32.2 Å². The van der Waals surface area contributed by atoms with Gasteiger partial charge in [-0.1, -0.05) is 13.8 Å². The molecular formula is C17H24N2O3. The van der Waals surface area contributed by atoms with Crippen LogP contribution in [0.2, 0.25) is 0 Å². The molecule has 0 N–H and O–H groups in total. The lowest BCUT2D eigenvalue weighted by atomic mass is 9.80. The quantitative estimate of drug-likeness (QED) is 0.833. The number of aromatic nitrogens is 1. The average Bonchev–Trinajstić information content (AvgIpc) is 2.90. The van der Waals surface area contributed by atoms with Crippen LogP contribution in [0.4, 0.5) is 0 Å². The molecule has 22 heavy (non-hydrogen) atoms. The average molecular weight is 304 g/mol. The summed E-state index contributed by atoms with van der Waals surface area (Å²) in [4.78, 5) is 17.9. The van der Waals surface area contributed by atoms with E-state index in [4.69, 9.17) is 9.47 Å². The van der Waals surface area contributed by atoms with Gasteiger partial charge in [-0.15, -0.1) is 0 Å². The van der Waals surface area contributed by atoms with E-state index < -0.39 is 0 Å². The summed E-state index contributed by atoms with van der Waals surface area (Å²) < 4.78 is 11.8. The lowest BCUT2D eigenvalue weighted by Gasteiger charge is -2.50. The molecule has 0 aromatic carbocycles. The van der Waals surface area contributed by atoms with Gasteiger partial charge in [0.25, 0.3) is 0 Å². The first kappa shape index (κ1) is 15.4. The predicted octanol–water partition coefficient (Wildman–Crippen LogP) is 1.87. The molecule has 1 spiro atoms. The highest BCUT2D eigenvalue weighted by atomic mass is 16.5. The van der Waals surface area contributed by atoms with Crippen molar-refractivity contribution in [3.8, 4) is 0 Å². The Morgan fingerprint density at radius 2 is 2.18 bits per heavy atom. The van der Waals surface area contributed by atoms with Gasteiger partial charge in [0.1, 0.15) is 5.60 Å². The Morgan fingerprint density at radius 1 is 1.45 bits per heavy atom. The van der Waals surface area contributed by atoms with Gasteiger partial charge in [0.15, 0.2) is 0 Å². The van der Waals surface area contributed by atoms with Crippen LogP contribution in [-0.2, 0) is 20.9 Å². The van der Waals surface area contributed by atoms with E-state index in [1.165, 1.54) is 0 Å². The van der Waals surface area contributed by atoms with Crippen molar-refractivity contribution in [2.75, 3.05) is 26.3 Å². The van der Waals surface area contributed by atoms with Gasteiger partial charge in [-0.25, -0.2) is 0 Å². The third-order valence-electron chi connectivity index (χ3n) is 4.66. The second kappa shape index (κ2) is 6.34. The van der Waals surface area contributed by atoms with Crippen molar-refractivity contribution >= 4 is 5.91 Å². The fraction of sp³-hybridized carbons (Fsp3) is 0.647. The molecule has 1 unspecified atom stereocenters. The maximum atomic E-state index is 12.0. The van der Waals surface area contributed by atoms with E-state index in [-0.39, 0.29) is 17.4 Å². The van der Waals surface area contributed by atoms with Gasteiger partial charge in [0, 0.05) is 30.8 Å². The molecule has 1 atom stereocenters. The summed E-state index contributed by atoms with van der Waals surface area (Å²) in [5.74, 6) is 0.656. The molecule has 3 rings (SSSR count). The Morgan fingerprint density at radius 3 is 2.86 bits per heavy atom. The van der Waals surface area contributed by atoms with Gasteiger partial charge in [-0.2, -0.15) is 0 Å². The first-order valence-corrected chi connectivity index (χ1v) is 8.00. The molecule has 120 valence electrons. The van der Waals surface area contributed by atoms with E-state index in [1.54, 1.807) is 12.4 Å². The molecule has 0 saturated carbocycles. The first-order valence-electron chi connectivity index (χ1n) is 8.00. The monoisotopic (exact) mass is 304 g/mol. The Bertz CT molecular complexity index is 512. The fourth-order valence-electron chi connectivity index (χ4n) is 3.29. The number of rotatable bonds is 5. The molecule has 2 fully saturated rings. The van der Waals surface area contributed by atoms with Gasteiger partial charge in [0.05, 0.1) is 26.3 Å². The molecule has 5 nitrogen and oxygen atoms in total. The SMILES string of the molecule is CC(C)C(=O)N1CC2(C1)OCCC2COCc1ccncc1. The van der Waals surface area contributed by atoms with E-state index in [2.05, 4.69) is 4.98 Å². The zero-order valence-electron chi connectivity index (χ0n) is 13.3. The van der Waals surface area contributed by atoms with Crippen molar-refractivity contribution in [3.05, 3.63) is 30.1 Å². The number of nitrogens with zero attached hydrogens (tertiary/aromatic N) is 2. The van der Waals surface area contributed by atoms with Gasteiger partial charge < -0.3 is 14.4 Å². The Balaban J connectivity index is 1.49. The Kier molecular flexibility index (Phi) is 4.45. The summed E-state index contributed by atoms with van der Waals surface area (Å²) >= 11 is 0. The molecule has 0 bridgehead atoms. The standard InChI is InChI=1S/C17H24N2O3/c1-13(2)16(20)19-11-17(12-19)15(5-8-22-17)10-21-9-14-3-6-18-7-4-14/h3-4,6-7,13,15H,5,8-12H2,1-2H3. The summed E-state index contributed by atoms with van der Waals surface area (Å²) in [6.07, 6.45) is 4.57. The molecule has 0 aliphatic carbocycles. The molecular weight excluding hydrogens is 280 g/mol. The molecule has 3 heterocycles. The van der Waals surface area contributed by atoms with Gasteiger partial charge in [-0.05, 0) is 24.1 Å². The number of ether oxygens (including phenoxy) is 2. The molecule has 1 aromatic rings. The van der Waals surface area contributed by atoms with Crippen LogP contribution in [-0.4, -0.2) is 47.7 Å². The molecule has 2 saturated heterocycles. The van der Waals surface area contributed by atoms with Crippen molar-refractivity contribution in [2.24, 2.45) is 11.8 Å². The number of carbonyl (C=O) groups excluding carboxylic acids is 1. The first-order chi connectivity index (χ1) is 10.6. The summed E-state index contributed by atoms with van der Waals surface area (Å²) in [5, 5.41) is 0. The summed E-state index contributed by atoms with van der Waals surface area (Å²) in [5.41, 5.74) is 0.969. The van der Waals surface area contributed by atoms with Gasteiger partial charge in [-0.3, -0.25) is 9.78 Å². The van der Waals surface area contributed by atoms with E-state index in [1.807, 2.05) is 30.9 Å². The number of pyridine rings is 1. The summed E-state index contributed by atoms with van der Waals surface area (Å²) in [7, 11) is 0. The lowest BCUT2D eigenvalue weighted by Crippen LogP contribution is -2.67. The van der Waals surface area contributed by atoms with Gasteiger partial charge >= 0.3 is 0 Å². The second-order valence-electron chi connectivity index (χ2n) is 6.62. The normalized spacial score (nSPS) is 23.0. The van der Waals surface area contributed by atoms with E-state index in [9.17, 15) is 4.79 Å². The molecule has 2 aliphatic heterocycles. The number of carbonyl (C=O) groups is 1. The largest absolute Gasteiger partial charge is 0.376 e. The van der Waals surface area contributed by atoms with Crippen molar-refractivity contribution in [1.82, 2.24) is 9.88 Å². The van der Waals surface area contributed by atoms with Crippen LogP contribution in [0.3, 0.4) is 0 Å². The number of hydrogen-bond donors (Lipinski definition) is 0. The van der Waals surface area contributed by atoms with Crippen LogP contribution in [0.15, 0.2) is 24.5 Å². The van der Waals surface area contributed by atoms with Crippen LogP contribution in [0.1, 0.15) is 25.8 Å². The molecule has 5 heteroatoms. The van der Waals surface area contributed by atoms with Crippen molar-refractivity contribution < 1.29 is 14.3 Å². The second-order valence-corrected chi connectivity index (χ2v) is 6.62. The number of amides is 1. The minimum absolute atomic E-state index is 0.0557. The summed E-state index contributed by atoms with van der Waals surface area (Å²) in [6.45, 7) is 7.37. The van der Waals surface area contributed by atoms with Crippen LogP contribution >= 0.6 is 0 Å². The molecule has 0 radical (unpaired) electrons. The summed E-state index contributed by atoms with van der Waals surface area (Å²) in [6, 6.07) is 3.93. The zero-order valence-corrected chi connectivity index (χ0v) is 13.3. The van der Waals surface area contributed by atoms with Gasteiger partial charge in [0.2, 0.25) is 5.91 Å². The van der Waals surface area contributed by atoms with Crippen molar-refractivity contribution in [2.45, 2.75) is 32.5 Å². The van der Waals surface area contributed by atoms with Crippen molar-refractivity contribution in [3.63, 3.8) is 0 Å². The maximum absolute atomic E-state index is 12.0. The minimum atomic E-state index is -0.164. The Labute approximate surface area is 131 Å². The topological polar surface area (TPSA) is 51.7 Å². The third kappa shape index (κ3) is 3.01. The van der Waals surface area contributed by atoms with Crippen LogP contribution in [0.25, 0.3) is 0 Å². The third-order valence-corrected chi connectivity index (χ3v) is 4.66. The highest BCUT2D eigenvalue weighted by molar-refractivity contribution is 5.79. The van der Waals surface area contributed by atoms with E-state index >= 15 is 0 Å². The lowest BCUT2D eigenvalue weighted by molar-refractivity contribution is -0.171. The zero-order chi connectivity index (χ0) is 15.6. The smallest absolute Gasteiger partial charge is 0.225 e. The van der Waals surface area contributed by atoms with Crippen LogP contribution in [0.5, 0.6) is 0 Å². The fourth-order valence-corrected chi connectivity index (χ4v) is 3.29. The minimum Gasteiger partial charge on any atom is -0.376 e. The maximum Gasteiger partial charge on any atom is 0.225 e. The highest BCUT2D eigenvalue weighted by Gasteiger charge is 2.54. The molecule has 1 aromatic heterocycles. The van der Waals surface area contributed by atoms with Crippen molar-refractivity contribution in [1.29, 1.82) is 0 Å². The van der Waals surface area contributed by atoms with E-state index in [0.717, 1.165) is 18.6 Å². The number of hydrogen-bond acceptors (Lipinski definition) is 4. The van der Waals surface area contributed by atoms with Crippen LogP contribution in [0, 0.1) is 11.8 Å². The van der Waals surface area contributed by atoms with Crippen LogP contribution < -0.4 is 0 Å². The molecule has 2 aliphatic rings. The number of likely N-dealkylation sites (tertiary alicyclic amines) is 1. The Hall–Kier alpha value is -1.46. The highest BCUT2D eigenvalue weighted by Crippen LogP contribution is 2.40. The predicted molar refractivity (Wildman–Crippen MR) is 82.1 cm³/mol.